The van der Waals surface area contributed by atoms with E-state index in [1.54, 1.807) is 6.92 Å². The van der Waals surface area contributed by atoms with Gasteiger partial charge in [0.1, 0.15) is 0 Å². The lowest BCUT2D eigenvalue weighted by Gasteiger charge is -2.06. The van der Waals surface area contributed by atoms with Gasteiger partial charge < -0.3 is 10.1 Å². The number of carbonyl (C=O) groups excluding carboxylic acids is 1. The SMILES string of the molecule is CCOC(=O)c1cnc(NCc2cccc(Cl)c2)nc1. The van der Waals surface area contributed by atoms with Crippen LogP contribution in [0.1, 0.15) is 22.8 Å². The number of halogens is 1. The standard InChI is InChI=1S/C14H14ClN3O2/c1-2-20-13(19)11-8-17-14(18-9-11)16-7-10-4-3-5-12(15)6-10/h3-6,8-9H,2,7H2,1H3,(H,16,17,18). The van der Waals surface area contributed by atoms with Gasteiger partial charge in [0.2, 0.25) is 5.95 Å². The average Bonchev–Trinajstić information content (AvgIpc) is 2.46. The summed E-state index contributed by atoms with van der Waals surface area (Å²) in [6, 6.07) is 7.51. The van der Waals surface area contributed by atoms with Crippen molar-refractivity contribution < 1.29 is 9.53 Å². The van der Waals surface area contributed by atoms with Gasteiger partial charge in [-0.05, 0) is 24.6 Å². The van der Waals surface area contributed by atoms with Crippen LogP contribution in [0.3, 0.4) is 0 Å². The van der Waals surface area contributed by atoms with E-state index in [2.05, 4.69) is 15.3 Å². The van der Waals surface area contributed by atoms with E-state index in [-0.39, 0.29) is 0 Å². The maximum atomic E-state index is 11.4. The van der Waals surface area contributed by atoms with Crippen molar-refractivity contribution in [3.8, 4) is 0 Å². The molecule has 1 aromatic carbocycles. The van der Waals surface area contributed by atoms with Crippen LogP contribution in [0.4, 0.5) is 5.95 Å². The predicted octanol–water partition coefficient (Wildman–Crippen LogP) is 2.92. The van der Waals surface area contributed by atoms with Gasteiger partial charge in [-0.2, -0.15) is 0 Å². The van der Waals surface area contributed by atoms with Crippen molar-refractivity contribution in [3.63, 3.8) is 0 Å². The third-order valence-electron chi connectivity index (χ3n) is 2.50. The molecule has 0 saturated carbocycles. The summed E-state index contributed by atoms with van der Waals surface area (Å²) < 4.78 is 4.86. The molecular weight excluding hydrogens is 278 g/mol. The average molecular weight is 292 g/mol. The van der Waals surface area contributed by atoms with Gasteiger partial charge in [0.15, 0.2) is 0 Å². The first-order valence-electron chi connectivity index (χ1n) is 6.16. The molecular formula is C14H14ClN3O2. The van der Waals surface area contributed by atoms with Gasteiger partial charge in [-0.15, -0.1) is 0 Å². The summed E-state index contributed by atoms with van der Waals surface area (Å²) in [5.74, 6) is 0.0203. The van der Waals surface area contributed by atoms with E-state index in [9.17, 15) is 4.79 Å². The molecule has 5 nitrogen and oxygen atoms in total. The number of ether oxygens (including phenoxy) is 1. The second-order valence-electron chi connectivity index (χ2n) is 4.00. The molecule has 2 rings (SSSR count). The third kappa shape index (κ3) is 3.93. The number of carbonyl (C=O) groups is 1. The van der Waals surface area contributed by atoms with Crippen molar-refractivity contribution in [3.05, 3.63) is 52.8 Å². The topological polar surface area (TPSA) is 64.1 Å². The van der Waals surface area contributed by atoms with Gasteiger partial charge in [0.25, 0.3) is 0 Å². The van der Waals surface area contributed by atoms with E-state index in [0.29, 0.717) is 29.7 Å². The molecule has 0 aliphatic heterocycles. The molecule has 0 aliphatic carbocycles. The van der Waals surface area contributed by atoms with E-state index in [1.807, 2.05) is 24.3 Å². The Labute approximate surface area is 122 Å². The Morgan fingerprint density at radius 2 is 2.10 bits per heavy atom. The molecule has 0 unspecified atom stereocenters. The van der Waals surface area contributed by atoms with Crippen molar-refractivity contribution in [1.82, 2.24) is 9.97 Å². The minimum atomic E-state index is -0.422. The molecule has 0 amide bonds. The van der Waals surface area contributed by atoms with Gasteiger partial charge in [0.05, 0.1) is 12.2 Å². The van der Waals surface area contributed by atoms with Crippen molar-refractivity contribution in [2.75, 3.05) is 11.9 Å². The van der Waals surface area contributed by atoms with Crippen LogP contribution in [-0.4, -0.2) is 22.5 Å². The number of hydrogen-bond donors (Lipinski definition) is 1. The van der Waals surface area contributed by atoms with Crippen LogP contribution >= 0.6 is 11.6 Å². The van der Waals surface area contributed by atoms with Gasteiger partial charge in [-0.1, -0.05) is 23.7 Å². The first kappa shape index (κ1) is 14.3. The van der Waals surface area contributed by atoms with Crippen molar-refractivity contribution in [2.45, 2.75) is 13.5 Å². The van der Waals surface area contributed by atoms with Gasteiger partial charge >= 0.3 is 5.97 Å². The Bertz CT molecular complexity index is 587. The highest BCUT2D eigenvalue weighted by Gasteiger charge is 2.07. The molecule has 0 atom stereocenters. The molecule has 6 heteroatoms. The first-order valence-corrected chi connectivity index (χ1v) is 6.54. The number of nitrogens with one attached hydrogen (secondary N) is 1. The lowest BCUT2D eigenvalue weighted by atomic mass is 10.2. The Kier molecular flexibility index (Phi) is 4.90. The second kappa shape index (κ2) is 6.86. The summed E-state index contributed by atoms with van der Waals surface area (Å²) in [5, 5.41) is 3.74. The van der Waals surface area contributed by atoms with E-state index < -0.39 is 5.97 Å². The van der Waals surface area contributed by atoms with Crippen molar-refractivity contribution >= 4 is 23.5 Å². The minimum Gasteiger partial charge on any atom is -0.462 e. The zero-order chi connectivity index (χ0) is 14.4. The number of rotatable bonds is 5. The number of benzene rings is 1. The second-order valence-corrected chi connectivity index (χ2v) is 4.44. The van der Waals surface area contributed by atoms with Gasteiger partial charge in [-0.25, -0.2) is 14.8 Å². The van der Waals surface area contributed by atoms with Crippen molar-refractivity contribution in [1.29, 1.82) is 0 Å². The lowest BCUT2D eigenvalue weighted by molar-refractivity contribution is 0.0525. The highest BCUT2D eigenvalue weighted by Crippen LogP contribution is 2.11. The Morgan fingerprint density at radius 3 is 2.75 bits per heavy atom. The summed E-state index contributed by atoms with van der Waals surface area (Å²) in [6.45, 7) is 2.63. The zero-order valence-electron chi connectivity index (χ0n) is 11.0. The Morgan fingerprint density at radius 1 is 1.35 bits per heavy atom. The first-order chi connectivity index (χ1) is 9.69. The molecule has 1 N–H and O–H groups in total. The van der Waals surface area contributed by atoms with Gasteiger partial charge in [-0.3, -0.25) is 0 Å². The molecule has 0 saturated heterocycles. The third-order valence-corrected chi connectivity index (χ3v) is 2.74. The molecule has 104 valence electrons. The number of anilines is 1. The van der Waals surface area contributed by atoms with Crippen LogP contribution in [0.25, 0.3) is 0 Å². The minimum absolute atomic E-state index is 0.327. The number of aromatic nitrogens is 2. The normalized spacial score (nSPS) is 10.1. The molecule has 20 heavy (non-hydrogen) atoms. The smallest absolute Gasteiger partial charge is 0.341 e. The fraction of sp³-hybridized carbons (Fsp3) is 0.214. The predicted molar refractivity (Wildman–Crippen MR) is 76.8 cm³/mol. The van der Waals surface area contributed by atoms with E-state index in [0.717, 1.165) is 5.56 Å². The van der Waals surface area contributed by atoms with Crippen LogP contribution < -0.4 is 5.32 Å². The monoisotopic (exact) mass is 291 g/mol. The molecule has 0 radical (unpaired) electrons. The van der Waals surface area contributed by atoms with Crippen LogP contribution in [-0.2, 0) is 11.3 Å². The lowest BCUT2D eigenvalue weighted by Crippen LogP contribution is -2.08. The maximum absolute atomic E-state index is 11.4. The molecule has 1 aromatic heterocycles. The largest absolute Gasteiger partial charge is 0.462 e. The molecule has 0 bridgehead atoms. The highest BCUT2D eigenvalue weighted by molar-refractivity contribution is 6.30. The van der Waals surface area contributed by atoms with E-state index in [4.69, 9.17) is 16.3 Å². The molecule has 0 aliphatic rings. The molecule has 2 aromatic rings. The molecule has 0 spiro atoms. The van der Waals surface area contributed by atoms with Crippen LogP contribution in [0, 0.1) is 0 Å². The number of hydrogen-bond acceptors (Lipinski definition) is 5. The fourth-order valence-corrected chi connectivity index (χ4v) is 1.78. The number of nitrogens with zero attached hydrogens (tertiary/aromatic N) is 2. The Hall–Kier alpha value is -2.14. The van der Waals surface area contributed by atoms with Gasteiger partial charge in [0, 0.05) is 24.0 Å². The van der Waals surface area contributed by atoms with Crippen LogP contribution in [0.2, 0.25) is 5.02 Å². The zero-order valence-corrected chi connectivity index (χ0v) is 11.7. The summed E-state index contributed by atoms with van der Waals surface area (Å²) in [5.41, 5.74) is 1.36. The molecule has 0 fully saturated rings. The van der Waals surface area contributed by atoms with Crippen LogP contribution in [0.15, 0.2) is 36.7 Å². The number of esters is 1. The summed E-state index contributed by atoms with van der Waals surface area (Å²) >= 11 is 5.90. The van der Waals surface area contributed by atoms with Crippen LogP contribution in [0.5, 0.6) is 0 Å². The summed E-state index contributed by atoms with van der Waals surface area (Å²) in [4.78, 5) is 19.6. The molecule has 1 heterocycles. The summed E-state index contributed by atoms with van der Waals surface area (Å²) in [6.07, 6.45) is 2.87. The summed E-state index contributed by atoms with van der Waals surface area (Å²) in [7, 11) is 0. The quantitative estimate of drug-likeness (QED) is 0.858. The van der Waals surface area contributed by atoms with Crippen molar-refractivity contribution in [2.24, 2.45) is 0 Å². The fourth-order valence-electron chi connectivity index (χ4n) is 1.57. The van der Waals surface area contributed by atoms with E-state index in [1.165, 1.54) is 12.4 Å². The van der Waals surface area contributed by atoms with E-state index >= 15 is 0 Å². The maximum Gasteiger partial charge on any atom is 0.341 e. The Balaban J connectivity index is 1.95. The highest BCUT2D eigenvalue weighted by atomic mass is 35.5.